The maximum atomic E-state index is 12.4. The van der Waals surface area contributed by atoms with Gasteiger partial charge in [0, 0.05) is 22.7 Å². The molecule has 0 saturated carbocycles. The van der Waals surface area contributed by atoms with Crippen molar-refractivity contribution in [1.82, 2.24) is 5.43 Å². The molecule has 1 spiro atoms. The monoisotopic (exact) mass is 297 g/mol. The van der Waals surface area contributed by atoms with Crippen LogP contribution in [0, 0.1) is 0 Å². The minimum absolute atomic E-state index is 0.0589. The molecular formula is C16H12ClN3O. The number of amides is 1. The Kier molecular flexibility index (Phi) is 2.56. The van der Waals surface area contributed by atoms with E-state index < -0.39 is 5.54 Å². The third kappa shape index (κ3) is 1.76. The fourth-order valence-electron chi connectivity index (χ4n) is 2.90. The van der Waals surface area contributed by atoms with Gasteiger partial charge in [-0.2, -0.15) is 5.10 Å². The third-order valence-electron chi connectivity index (χ3n) is 4.01. The summed E-state index contributed by atoms with van der Waals surface area (Å²) in [5.74, 6) is -0.0589. The van der Waals surface area contributed by atoms with Crippen molar-refractivity contribution in [3.05, 3.63) is 64.7 Å². The van der Waals surface area contributed by atoms with Gasteiger partial charge in [0.1, 0.15) is 0 Å². The van der Waals surface area contributed by atoms with Crippen LogP contribution in [0.4, 0.5) is 5.69 Å². The highest BCUT2D eigenvalue weighted by Crippen LogP contribution is 2.41. The first kappa shape index (κ1) is 12.4. The number of nitrogens with one attached hydrogen (secondary N) is 2. The van der Waals surface area contributed by atoms with E-state index in [1.165, 1.54) is 0 Å². The molecule has 2 aromatic carbocycles. The predicted molar refractivity (Wildman–Crippen MR) is 82.5 cm³/mol. The summed E-state index contributed by atoms with van der Waals surface area (Å²) in [7, 11) is 0. The van der Waals surface area contributed by atoms with Gasteiger partial charge in [-0.25, -0.2) is 0 Å². The third-order valence-corrected chi connectivity index (χ3v) is 4.27. The van der Waals surface area contributed by atoms with Crippen molar-refractivity contribution in [2.45, 2.75) is 12.0 Å². The number of nitrogens with zero attached hydrogens (tertiary/aromatic N) is 1. The lowest BCUT2D eigenvalue weighted by Gasteiger charge is -2.20. The molecule has 1 atom stereocenters. The molecule has 21 heavy (non-hydrogen) atoms. The van der Waals surface area contributed by atoms with Gasteiger partial charge in [0.15, 0.2) is 5.54 Å². The maximum Gasteiger partial charge on any atom is 0.256 e. The molecule has 104 valence electrons. The zero-order valence-electron chi connectivity index (χ0n) is 11.1. The molecular weight excluding hydrogens is 286 g/mol. The van der Waals surface area contributed by atoms with Crippen molar-refractivity contribution in [3.63, 3.8) is 0 Å². The number of benzene rings is 2. The summed E-state index contributed by atoms with van der Waals surface area (Å²) in [6, 6.07) is 15.2. The molecule has 2 aromatic rings. The normalized spacial score (nSPS) is 22.7. The first-order chi connectivity index (χ1) is 10.2. The number of hydrogen-bond donors (Lipinski definition) is 2. The molecule has 4 rings (SSSR count). The number of halogens is 1. The van der Waals surface area contributed by atoms with Crippen LogP contribution in [-0.2, 0) is 10.3 Å². The van der Waals surface area contributed by atoms with Gasteiger partial charge in [-0.15, -0.1) is 0 Å². The van der Waals surface area contributed by atoms with Crippen LogP contribution in [0.25, 0.3) is 0 Å². The Bertz CT molecular complexity index is 769. The molecule has 5 heteroatoms. The fraction of sp³-hybridized carbons (Fsp3) is 0.125. The van der Waals surface area contributed by atoms with E-state index in [1.54, 1.807) is 0 Å². The first-order valence-electron chi connectivity index (χ1n) is 6.70. The van der Waals surface area contributed by atoms with Gasteiger partial charge in [0.2, 0.25) is 0 Å². The highest BCUT2D eigenvalue weighted by Gasteiger charge is 2.50. The van der Waals surface area contributed by atoms with Gasteiger partial charge in [-0.1, -0.05) is 41.9 Å². The van der Waals surface area contributed by atoms with Crippen LogP contribution < -0.4 is 10.7 Å². The molecule has 0 bridgehead atoms. The number of anilines is 1. The predicted octanol–water partition coefficient (Wildman–Crippen LogP) is 2.89. The maximum absolute atomic E-state index is 12.4. The number of fused-ring (bicyclic) bond motifs is 2. The van der Waals surface area contributed by atoms with Gasteiger partial charge in [0.25, 0.3) is 5.91 Å². The molecule has 0 saturated heterocycles. The van der Waals surface area contributed by atoms with Crippen molar-refractivity contribution in [2.75, 3.05) is 5.32 Å². The summed E-state index contributed by atoms with van der Waals surface area (Å²) in [4.78, 5) is 12.4. The van der Waals surface area contributed by atoms with E-state index in [0.29, 0.717) is 11.4 Å². The molecule has 1 amide bonds. The number of hydrogen-bond acceptors (Lipinski definition) is 3. The lowest BCUT2D eigenvalue weighted by molar-refractivity contribution is -0.121. The van der Waals surface area contributed by atoms with Crippen molar-refractivity contribution < 1.29 is 4.79 Å². The van der Waals surface area contributed by atoms with E-state index in [9.17, 15) is 4.79 Å². The minimum atomic E-state index is -0.786. The Morgan fingerprint density at radius 1 is 1.10 bits per heavy atom. The zero-order chi connectivity index (χ0) is 14.4. The van der Waals surface area contributed by atoms with Gasteiger partial charge in [-0.05, 0) is 23.8 Å². The van der Waals surface area contributed by atoms with Crippen molar-refractivity contribution >= 4 is 28.9 Å². The van der Waals surface area contributed by atoms with Gasteiger partial charge < -0.3 is 5.32 Å². The van der Waals surface area contributed by atoms with E-state index in [1.807, 2.05) is 48.5 Å². The van der Waals surface area contributed by atoms with Gasteiger partial charge >= 0.3 is 0 Å². The Morgan fingerprint density at radius 2 is 1.86 bits per heavy atom. The van der Waals surface area contributed by atoms with Crippen LogP contribution in [0.1, 0.15) is 17.5 Å². The molecule has 2 heterocycles. The number of hydrazone groups is 1. The second-order valence-electron chi connectivity index (χ2n) is 5.26. The molecule has 2 N–H and O–H groups in total. The molecule has 0 aliphatic carbocycles. The number of carbonyl (C=O) groups excluding carboxylic acids is 1. The topological polar surface area (TPSA) is 53.5 Å². The number of rotatable bonds is 1. The fourth-order valence-corrected chi connectivity index (χ4v) is 3.03. The van der Waals surface area contributed by atoms with E-state index in [-0.39, 0.29) is 5.91 Å². The Hall–Kier alpha value is -2.33. The van der Waals surface area contributed by atoms with Crippen molar-refractivity contribution in [3.8, 4) is 0 Å². The average molecular weight is 298 g/mol. The van der Waals surface area contributed by atoms with Crippen LogP contribution in [0.15, 0.2) is 53.6 Å². The highest BCUT2D eigenvalue weighted by molar-refractivity contribution is 6.30. The Labute approximate surface area is 126 Å². The van der Waals surface area contributed by atoms with E-state index in [2.05, 4.69) is 15.8 Å². The summed E-state index contributed by atoms with van der Waals surface area (Å²) < 4.78 is 0. The van der Waals surface area contributed by atoms with Gasteiger partial charge in [-0.3, -0.25) is 10.2 Å². The lowest BCUT2D eigenvalue weighted by Crippen LogP contribution is -2.42. The first-order valence-corrected chi connectivity index (χ1v) is 7.07. The number of para-hydroxylation sites is 1. The highest BCUT2D eigenvalue weighted by atomic mass is 35.5. The molecule has 2 aliphatic heterocycles. The van der Waals surface area contributed by atoms with Crippen LogP contribution >= 0.6 is 11.6 Å². The second kappa shape index (κ2) is 4.33. The van der Waals surface area contributed by atoms with Crippen molar-refractivity contribution in [1.29, 1.82) is 0 Å². The smallest absolute Gasteiger partial charge is 0.256 e. The summed E-state index contributed by atoms with van der Waals surface area (Å²) >= 11 is 5.91. The Morgan fingerprint density at radius 3 is 2.67 bits per heavy atom. The minimum Gasteiger partial charge on any atom is -0.323 e. The molecule has 0 fully saturated rings. The summed E-state index contributed by atoms with van der Waals surface area (Å²) in [5, 5.41) is 7.98. The molecule has 0 aromatic heterocycles. The largest absolute Gasteiger partial charge is 0.323 e. The molecule has 4 nitrogen and oxygen atoms in total. The van der Waals surface area contributed by atoms with E-state index >= 15 is 0 Å². The Balaban J connectivity index is 1.72. The molecule has 0 unspecified atom stereocenters. The zero-order valence-corrected chi connectivity index (χ0v) is 11.8. The van der Waals surface area contributed by atoms with Crippen molar-refractivity contribution in [2.24, 2.45) is 5.10 Å². The molecule has 0 radical (unpaired) electrons. The average Bonchev–Trinajstić information content (AvgIpc) is 3.05. The standard InChI is InChI=1S/C16H12ClN3O/c17-11-7-5-10(6-8-11)14-9-16(20-19-14)12-3-1-2-4-13(12)18-15(16)21/h1-8,20H,9H2,(H,18,21)/t16-/m0/s1. The van der Waals surface area contributed by atoms with E-state index in [0.717, 1.165) is 22.5 Å². The van der Waals surface area contributed by atoms with E-state index in [4.69, 9.17) is 11.6 Å². The summed E-state index contributed by atoms with van der Waals surface area (Å²) in [6.07, 6.45) is 0.525. The molecule has 2 aliphatic rings. The van der Waals surface area contributed by atoms with Crippen LogP contribution in [0.5, 0.6) is 0 Å². The van der Waals surface area contributed by atoms with Crippen LogP contribution in [0.2, 0.25) is 5.02 Å². The quantitative estimate of drug-likeness (QED) is 0.850. The second-order valence-corrected chi connectivity index (χ2v) is 5.70. The SMILES string of the molecule is O=C1Nc2ccccc2[C@@]12CC(c1ccc(Cl)cc1)=NN2. The van der Waals surface area contributed by atoms with Crippen LogP contribution in [-0.4, -0.2) is 11.6 Å². The summed E-state index contributed by atoms with van der Waals surface area (Å²) in [5.41, 5.74) is 5.89. The number of carbonyl (C=O) groups is 1. The van der Waals surface area contributed by atoms with Crippen LogP contribution in [0.3, 0.4) is 0 Å². The summed E-state index contributed by atoms with van der Waals surface area (Å²) in [6.45, 7) is 0. The lowest BCUT2D eigenvalue weighted by atomic mass is 9.86. The van der Waals surface area contributed by atoms with Gasteiger partial charge in [0.05, 0.1) is 5.71 Å².